The van der Waals surface area contributed by atoms with Gasteiger partial charge in [0.15, 0.2) is 0 Å². The molecule has 1 aliphatic heterocycles. The highest BCUT2D eigenvalue weighted by molar-refractivity contribution is 5.18. The molecule has 1 atom stereocenters. The van der Waals surface area contributed by atoms with Gasteiger partial charge in [0.1, 0.15) is 0 Å². The van der Waals surface area contributed by atoms with Crippen molar-refractivity contribution >= 4 is 0 Å². The number of aromatic nitrogens is 1. The average Bonchev–Trinajstić information content (AvgIpc) is 2.30. The molecule has 3 nitrogen and oxygen atoms in total. The van der Waals surface area contributed by atoms with Gasteiger partial charge in [0, 0.05) is 18.3 Å². The van der Waals surface area contributed by atoms with Crippen molar-refractivity contribution < 1.29 is 4.74 Å². The maximum atomic E-state index is 5.64. The lowest BCUT2D eigenvalue weighted by Crippen LogP contribution is -2.35. The monoisotopic (exact) mass is 220 g/mol. The fourth-order valence-electron chi connectivity index (χ4n) is 2.06. The second-order valence-corrected chi connectivity index (χ2v) is 4.46. The van der Waals surface area contributed by atoms with Gasteiger partial charge in [-0.05, 0) is 44.4 Å². The van der Waals surface area contributed by atoms with Crippen LogP contribution in [0.15, 0.2) is 18.3 Å². The van der Waals surface area contributed by atoms with Crippen LogP contribution < -0.4 is 10.1 Å². The lowest BCUT2D eigenvalue weighted by Gasteiger charge is -2.23. The Morgan fingerprint density at radius 1 is 1.50 bits per heavy atom. The topological polar surface area (TPSA) is 34.1 Å². The fraction of sp³-hybridized carbons (Fsp3) is 0.615. The largest absolute Gasteiger partial charge is 0.478 e. The molecule has 16 heavy (non-hydrogen) atoms. The summed E-state index contributed by atoms with van der Waals surface area (Å²) >= 11 is 0. The third-order valence-corrected chi connectivity index (χ3v) is 3.02. The molecule has 1 aromatic heterocycles. The first-order chi connectivity index (χ1) is 7.84. The predicted octanol–water partition coefficient (Wildman–Crippen LogP) is 2.30. The normalized spacial score (nSPS) is 20.7. The number of hydrogen-bond acceptors (Lipinski definition) is 3. The second kappa shape index (κ2) is 5.85. The highest BCUT2D eigenvalue weighted by Gasteiger charge is 2.12. The number of nitrogens with zero attached hydrogens (tertiary/aromatic N) is 1. The van der Waals surface area contributed by atoms with Gasteiger partial charge in [-0.3, -0.25) is 0 Å². The third kappa shape index (κ3) is 3.49. The number of rotatable bonds is 4. The third-order valence-electron chi connectivity index (χ3n) is 3.02. The Balaban J connectivity index is 1.71. The smallest absolute Gasteiger partial charge is 0.213 e. The predicted molar refractivity (Wildman–Crippen MR) is 64.7 cm³/mol. The molecule has 2 rings (SSSR count). The van der Waals surface area contributed by atoms with Crippen LogP contribution in [0.5, 0.6) is 5.88 Å². The summed E-state index contributed by atoms with van der Waals surface area (Å²) < 4.78 is 5.64. The molecule has 1 saturated heterocycles. The van der Waals surface area contributed by atoms with Gasteiger partial charge in [0.2, 0.25) is 5.88 Å². The summed E-state index contributed by atoms with van der Waals surface area (Å²) in [5.74, 6) is 0.746. The van der Waals surface area contributed by atoms with E-state index in [1.807, 2.05) is 12.1 Å². The molecule has 0 saturated carbocycles. The quantitative estimate of drug-likeness (QED) is 0.845. The van der Waals surface area contributed by atoms with Crippen molar-refractivity contribution in [3.8, 4) is 5.88 Å². The van der Waals surface area contributed by atoms with Crippen molar-refractivity contribution in [2.75, 3.05) is 13.2 Å². The van der Waals surface area contributed by atoms with Crippen molar-refractivity contribution in [2.24, 2.45) is 0 Å². The van der Waals surface area contributed by atoms with E-state index in [2.05, 4.69) is 17.2 Å². The van der Waals surface area contributed by atoms with E-state index in [4.69, 9.17) is 4.74 Å². The van der Waals surface area contributed by atoms with E-state index in [9.17, 15) is 0 Å². The first-order valence-electron chi connectivity index (χ1n) is 6.13. The van der Waals surface area contributed by atoms with Crippen molar-refractivity contribution in [3.63, 3.8) is 0 Å². The van der Waals surface area contributed by atoms with Gasteiger partial charge in [-0.2, -0.15) is 0 Å². The minimum absolute atomic E-state index is 0.638. The first-order valence-corrected chi connectivity index (χ1v) is 6.13. The molecular weight excluding hydrogens is 200 g/mol. The lowest BCUT2D eigenvalue weighted by atomic mass is 10.0. The Bertz CT molecular complexity index is 321. The summed E-state index contributed by atoms with van der Waals surface area (Å²) in [6, 6.07) is 4.60. The second-order valence-electron chi connectivity index (χ2n) is 4.46. The van der Waals surface area contributed by atoms with Crippen LogP contribution in [0.4, 0.5) is 0 Å². The number of pyridine rings is 1. The Labute approximate surface area is 97.2 Å². The maximum Gasteiger partial charge on any atom is 0.213 e. The summed E-state index contributed by atoms with van der Waals surface area (Å²) in [7, 11) is 0. The molecule has 0 amide bonds. The summed E-state index contributed by atoms with van der Waals surface area (Å²) in [5.41, 5.74) is 1.20. The zero-order valence-corrected chi connectivity index (χ0v) is 9.91. The molecule has 1 aliphatic rings. The van der Waals surface area contributed by atoms with Crippen molar-refractivity contribution in [1.82, 2.24) is 10.3 Å². The number of piperidine rings is 1. The van der Waals surface area contributed by atoms with Crippen molar-refractivity contribution in [1.29, 1.82) is 0 Å². The highest BCUT2D eigenvalue weighted by Crippen LogP contribution is 2.12. The Morgan fingerprint density at radius 3 is 3.19 bits per heavy atom. The zero-order chi connectivity index (χ0) is 11.2. The fourth-order valence-corrected chi connectivity index (χ4v) is 2.06. The van der Waals surface area contributed by atoms with Crippen LogP contribution in [0, 0.1) is 6.92 Å². The van der Waals surface area contributed by atoms with Gasteiger partial charge in [-0.25, -0.2) is 4.98 Å². The van der Waals surface area contributed by atoms with E-state index < -0.39 is 0 Å². The Hall–Kier alpha value is -1.09. The van der Waals surface area contributed by atoms with E-state index in [-0.39, 0.29) is 0 Å². The van der Waals surface area contributed by atoms with Crippen LogP contribution >= 0.6 is 0 Å². The molecule has 0 bridgehead atoms. The summed E-state index contributed by atoms with van der Waals surface area (Å²) in [6.07, 6.45) is 6.82. The highest BCUT2D eigenvalue weighted by atomic mass is 16.5. The van der Waals surface area contributed by atoms with E-state index in [1.54, 1.807) is 6.20 Å². The molecule has 0 radical (unpaired) electrons. The minimum Gasteiger partial charge on any atom is -0.478 e. The SMILES string of the molecule is Cc1ccnc(OCCC2CCCCN2)c1. The molecule has 1 aromatic rings. The van der Waals surface area contributed by atoms with Gasteiger partial charge in [0.05, 0.1) is 6.61 Å². The van der Waals surface area contributed by atoms with Crippen LogP contribution in [-0.2, 0) is 0 Å². The van der Waals surface area contributed by atoms with Crippen LogP contribution in [0.25, 0.3) is 0 Å². The molecule has 1 unspecified atom stereocenters. The van der Waals surface area contributed by atoms with Gasteiger partial charge in [0.25, 0.3) is 0 Å². The van der Waals surface area contributed by atoms with Crippen molar-refractivity contribution in [3.05, 3.63) is 23.9 Å². The molecule has 0 aliphatic carbocycles. The van der Waals surface area contributed by atoms with Crippen LogP contribution in [-0.4, -0.2) is 24.2 Å². The van der Waals surface area contributed by atoms with E-state index >= 15 is 0 Å². The number of hydrogen-bond donors (Lipinski definition) is 1. The lowest BCUT2D eigenvalue weighted by molar-refractivity contribution is 0.260. The summed E-state index contributed by atoms with van der Waals surface area (Å²) in [4.78, 5) is 4.18. The van der Waals surface area contributed by atoms with Gasteiger partial charge >= 0.3 is 0 Å². The zero-order valence-electron chi connectivity index (χ0n) is 9.91. The van der Waals surface area contributed by atoms with E-state index in [0.717, 1.165) is 25.5 Å². The minimum atomic E-state index is 0.638. The summed E-state index contributed by atoms with van der Waals surface area (Å²) in [6.45, 7) is 3.97. The van der Waals surface area contributed by atoms with Gasteiger partial charge in [-0.15, -0.1) is 0 Å². The molecular formula is C13H20N2O. The van der Waals surface area contributed by atoms with Crippen LogP contribution in [0.3, 0.4) is 0 Å². The molecule has 2 heterocycles. The standard InChI is InChI=1S/C13H20N2O/c1-11-5-8-15-13(10-11)16-9-6-12-4-2-3-7-14-12/h5,8,10,12,14H,2-4,6-7,9H2,1H3. The molecule has 0 spiro atoms. The van der Waals surface area contributed by atoms with E-state index in [1.165, 1.54) is 24.8 Å². The molecule has 3 heteroatoms. The Morgan fingerprint density at radius 2 is 2.44 bits per heavy atom. The summed E-state index contributed by atoms with van der Waals surface area (Å²) in [5, 5.41) is 3.52. The maximum absolute atomic E-state index is 5.64. The van der Waals surface area contributed by atoms with Crippen LogP contribution in [0.2, 0.25) is 0 Å². The average molecular weight is 220 g/mol. The van der Waals surface area contributed by atoms with Crippen molar-refractivity contribution in [2.45, 2.75) is 38.6 Å². The number of aryl methyl sites for hydroxylation is 1. The molecule has 1 fully saturated rings. The molecule has 88 valence electrons. The van der Waals surface area contributed by atoms with Crippen LogP contribution in [0.1, 0.15) is 31.2 Å². The first kappa shape index (κ1) is 11.4. The van der Waals surface area contributed by atoms with E-state index in [0.29, 0.717) is 6.04 Å². The Kier molecular flexibility index (Phi) is 4.17. The number of nitrogens with one attached hydrogen (secondary N) is 1. The number of ether oxygens (including phenoxy) is 1. The van der Waals surface area contributed by atoms with Gasteiger partial charge in [-0.1, -0.05) is 6.42 Å². The molecule has 0 aromatic carbocycles. The molecule has 1 N–H and O–H groups in total. The van der Waals surface area contributed by atoms with Gasteiger partial charge < -0.3 is 10.1 Å².